The van der Waals surface area contributed by atoms with Crippen LogP contribution >= 0.6 is 0 Å². The quantitative estimate of drug-likeness (QED) is 0.773. The minimum atomic E-state index is -0.353. The lowest BCUT2D eigenvalue weighted by atomic mass is 10.1. The predicted molar refractivity (Wildman–Crippen MR) is 97.6 cm³/mol. The molecule has 1 saturated carbocycles. The smallest absolute Gasteiger partial charge is 0.101 e. The number of allylic oxidation sites excluding steroid dienone is 3. The van der Waals surface area contributed by atoms with E-state index in [4.69, 9.17) is 0 Å². The second-order valence-electron chi connectivity index (χ2n) is 7.67. The molecule has 0 saturated heterocycles. The van der Waals surface area contributed by atoms with E-state index < -0.39 is 0 Å². The van der Waals surface area contributed by atoms with Crippen LogP contribution in [0.5, 0.6) is 0 Å². The number of nitrogens with zero attached hydrogens (tertiary/aromatic N) is 3. The van der Waals surface area contributed by atoms with Crippen LogP contribution < -0.4 is 0 Å². The number of hydrogen-bond donors (Lipinski definition) is 1. The minimum Gasteiger partial charge on any atom is -0.386 e. The van der Waals surface area contributed by atoms with Crippen LogP contribution in [-0.2, 0) is 13.1 Å². The van der Waals surface area contributed by atoms with Gasteiger partial charge in [-0.3, -0.25) is 9.58 Å². The Balaban J connectivity index is 1.52. The van der Waals surface area contributed by atoms with E-state index in [0.29, 0.717) is 5.92 Å². The van der Waals surface area contributed by atoms with Crippen LogP contribution in [0, 0.1) is 5.92 Å². The molecular formula is C20H31N3O. The summed E-state index contributed by atoms with van der Waals surface area (Å²) in [5.41, 5.74) is 4.99. The standard InChI is InChI=1S/C20H31N3O/c1-15(2)5-4-6-16(3)9-10-22-11-12-23-18(14-22)13-19(21-23)20(24)17-7-8-17/h5,9,13,17,20,24H,4,6-8,10-12,14H2,1-3H3/b16-9+. The van der Waals surface area contributed by atoms with Gasteiger partial charge in [0.15, 0.2) is 0 Å². The van der Waals surface area contributed by atoms with E-state index in [2.05, 4.69) is 53.7 Å². The van der Waals surface area contributed by atoms with E-state index >= 15 is 0 Å². The number of aliphatic hydroxyl groups excluding tert-OH is 1. The molecule has 1 aliphatic carbocycles. The Labute approximate surface area is 145 Å². The summed E-state index contributed by atoms with van der Waals surface area (Å²) in [6.07, 6.45) is 8.90. The first-order valence-electron chi connectivity index (χ1n) is 9.29. The highest BCUT2D eigenvalue weighted by Crippen LogP contribution is 2.40. The van der Waals surface area contributed by atoms with Crippen molar-refractivity contribution in [3.63, 3.8) is 0 Å². The molecule has 2 aliphatic rings. The molecule has 4 heteroatoms. The van der Waals surface area contributed by atoms with Gasteiger partial charge in [-0.2, -0.15) is 5.10 Å². The molecule has 0 amide bonds. The number of aromatic nitrogens is 2. The fourth-order valence-electron chi connectivity index (χ4n) is 3.27. The van der Waals surface area contributed by atoms with Crippen LogP contribution in [0.2, 0.25) is 0 Å². The molecule has 0 radical (unpaired) electrons. The molecule has 1 aromatic heterocycles. The van der Waals surface area contributed by atoms with Crippen LogP contribution in [0.15, 0.2) is 29.4 Å². The van der Waals surface area contributed by atoms with Crippen molar-refractivity contribution < 1.29 is 5.11 Å². The molecule has 132 valence electrons. The van der Waals surface area contributed by atoms with Gasteiger partial charge in [-0.05, 0) is 58.4 Å². The molecule has 2 heterocycles. The lowest BCUT2D eigenvalue weighted by Gasteiger charge is -2.26. The van der Waals surface area contributed by atoms with Crippen molar-refractivity contribution in [2.75, 3.05) is 13.1 Å². The van der Waals surface area contributed by atoms with E-state index in [9.17, 15) is 5.11 Å². The lowest BCUT2D eigenvalue weighted by Crippen LogP contribution is -2.34. The summed E-state index contributed by atoms with van der Waals surface area (Å²) in [6.45, 7) is 10.4. The molecule has 24 heavy (non-hydrogen) atoms. The Morgan fingerprint density at radius 3 is 2.79 bits per heavy atom. The van der Waals surface area contributed by atoms with Crippen molar-refractivity contribution in [1.82, 2.24) is 14.7 Å². The molecular weight excluding hydrogens is 298 g/mol. The number of rotatable bonds is 7. The Kier molecular flexibility index (Phi) is 5.57. The van der Waals surface area contributed by atoms with Gasteiger partial charge in [0.2, 0.25) is 0 Å². The van der Waals surface area contributed by atoms with E-state index in [1.807, 2.05) is 0 Å². The van der Waals surface area contributed by atoms with Gasteiger partial charge >= 0.3 is 0 Å². The Morgan fingerprint density at radius 2 is 2.08 bits per heavy atom. The minimum absolute atomic E-state index is 0.353. The van der Waals surface area contributed by atoms with Crippen molar-refractivity contribution in [2.24, 2.45) is 5.92 Å². The van der Waals surface area contributed by atoms with Gasteiger partial charge in [-0.1, -0.05) is 23.3 Å². The normalized spacial score (nSPS) is 19.9. The zero-order valence-corrected chi connectivity index (χ0v) is 15.3. The van der Waals surface area contributed by atoms with Crippen molar-refractivity contribution in [3.8, 4) is 0 Å². The zero-order valence-electron chi connectivity index (χ0n) is 15.3. The predicted octanol–water partition coefficient (Wildman–Crippen LogP) is 3.83. The molecule has 0 bridgehead atoms. The van der Waals surface area contributed by atoms with E-state index in [1.165, 1.54) is 16.8 Å². The topological polar surface area (TPSA) is 41.3 Å². The van der Waals surface area contributed by atoms with Gasteiger partial charge in [0.25, 0.3) is 0 Å². The fourth-order valence-corrected chi connectivity index (χ4v) is 3.27. The average molecular weight is 329 g/mol. The summed E-state index contributed by atoms with van der Waals surface area (Å²) >= 11 is 0. The Hall–Kier alpha value is -1.39. The highest BCUT2D eigenvalue weighted by Gasteiger charge is 2.33. The molecule has 1 aromatic rings. The molecule has 1 aliphatic heterocycles. The summed E-state index contributed by atoms with van der Waals surface area (Å²) in [5.74, 6) is 0.449. The summed E-state index contributed by atoms with van der Waals surface area (Å²) in [7, 11) is 0. The summed E-state index contributed by atoms with van der Waals surface area (Å²) in [5, 5.41) is 14.9. The third kappa shape index (κ3) is 4.58. The van der Waals surface area contributed by atoms with Crippen molar-refractivity contribution in [3.05, 3.63) is 40.8 Å². The van der Waals surface area contributed by atoms with Gasteiger partial charge in [0.1, 0.15) is 6.10 Å². The molecule has 1 N–H and O–H groups in total. The third-order valence-corrected chi connectivity index (χ3v) is 5.06. The Morgan fingerprint density at radius 1 is 1.29 bits per heavy atom. The molecule has 0 spiro atoms. The first kappa shape index (κ1) is 17.4. The fraction of sp³-hybridized carbons (Fsp3) is 0.650. The first-order valence-corrected chi connectivity index (χ1v) is 9.29. The number of hydrogen-bond acceptors (Lipinski definition) is 3. The van der Waals surface area contributed by atoms with Gasteiger partial charge < -0.3 is 5.11 Å². The SMILES string of the molecule is CC(C)=CCC/C(C)=C/CN1CCn2nc(C(O)C3CC3)cc2C1. The summed E-state index contributed by atoms with van der Waals surface area (Å²) < 4.78 is 2.09. The monoisotopic (exact) mass is 329 g/mol. The Bertz CT molecular complexity index is 621. The summed E-state index contributed by atoms with van der Waals surface area (Å²) in [4.78, 5) is 2.47. The van der Waals surface area contributed by atoms with Crippen LogP contribution in [0.25, 0.3) is 0 Å². The lowest BCUT2D eigenvalue weighted by molar-refractivity contribution is 0.147. The molecule has 4 nitrogen and oxygen atoms in total. The second kappa shape index (κ2) is 7.66. The summed E-state index contributed by atoms with van der Waals surface area (Å²) in [6, 6.07) is 2.11. The van der Waals surface area contributed by atoms with Crippen LogP contribution in [0.1, 0.15) is 63.9 Å². The number of fused-ring (bicyclic) bond motifs is 1. The van der Waals surface area contributed by atoms with Gasteiger partial charge in [0.05, 0.1) is 17.9 Å². The highest BCUT2D eigenvalue weighted by atomic mass is 16.3. The molecule has 0 aromatic carbocycles. The van der Waals surface area contributed by atoms with Crippen LogP contribution in [-0.4, -0.2) is 32.9 Å². The maximum absolute atomic E-state index is 10.3. The second-order valence-corrected chi connectivity index (χ2v) is 7.67. The largest absolute Gasteiger partial charge is 0.386 e. The zero-order chi connectivity index (χ0) is 17.1. The van der Waals surface area contributed by atoms with Crippen molar-refractivity contribution in [2.45, 2.75) is 65.6 Å². The van der Waals surface area contributed by atoms with Crippen molar-refractivity contribution >= 4 is 0 Å². The van der Waals surface area contributed by atoms with E-state index in [1.54, 1.807) is 0 Å². The van der Waals surface area contributed by atoms with E-state index in [-0.39, 0.29) is 6.10 Å². The van der Waals surface area contributed by atoms with Gasteiger partial charge in [0, 0.05) is 19.6 Å². The molecule has 3 rings (SSSR count). The van der Waals surface area contributed by atoms with Gasteiger partial charge in [-0.25, -0.2) is 0 Å². The van der Waals surface area contributed by atoms with Crippen LogP contribution in [0.3, 0.4) is 0 Å². The van der Waals surface area contributed by atoms with Gasteiger partial charge in [-0.15, -0.1) is 0 Å². The molecule has 1 unspecified atom stereocenters. The maximum Gasteiger partial charge on any atom is 0.101 e. The average Bonchev–Trinajstić information content (AvgIpc) is 3.30. The van der Waals surface area contributed by atoms with E-state index in [0.717, 1.165) is 57.6 Å². The molecule has 1 fully saturated rings. The maximum atomic E-state index is 10.3. The first-order chi connectivity index (χ1) is 11.5. The third-order valence-electron chi connectivity index (χ3n) is 5.06. The molecule has 1 atom stereocenters. The van der Waals surface area contributed by atoms with Crippen LogP contribution in [0.4, 0.5) is 0 Å². The van der Waals surface area contributed by atoms with Crippen molar-refractivity contribution in [1.29, 1.82) is 0 Å². The number of aliphatic hydroxyl groups is 1. The highest BCUT2D eigenvalue weighted by molar-refractivity contribution is 5.16.